The Hall–Kier alpha value is -1.31. The van der Waals surface area contributed by atoms with E-state index >= 15 is 0 Å². The summed E-state index contributed by atoms with van der Waals surface area (Å²) in [6.45, 7) is 0. The fourth-order valence-electron chi connectivity index (χ4n) is 4.07. The number of carbonyl (C=O) groups is 1. The van der Waals surface area contributed by atoms with Crippen LogP contribution in [0.1, 0.15) is 32.1 Å². The van der Waals surface area contributed by atoms with E-state index in [1.54, 1.807) is 12.1 Å². The van der Waals surface area contributed by atoms with Crippen molar-refractivity contribution in [2.75, 3.05) is 5.75 Å². The Morgan fingerprint density at radius 2 is 1.84 bits per heavy atom. The van der Waals surface area contributed by atoms with E-state index in [9.17, 15) is 14.9 Å². The minimum atomic E-state index is -0.423. The van der Waals surface area contributed by atoms with E-state index in [1.165, 1.54) is 30.3 Å². The molecule has 2 fully saturated rings. The van der Waals surface area contributed by atoms with Crippen molar-refractivity contribution in [3.63, 3.8) is 0 Å². The van der Waals surface area contributed by atoms with E-state index in [1.807, 2.05) is 0 Å². The molecule has 0 saturated heterocycles. The summed E-state index contributed by atoms with van der Waals surface area (Å²) < 4.78 is 0. The van der Waals surface area contributed by atoms with Crippen molar-refractivity contribution < 1.29 is 9.72 Å². The highest BCUT2D eigenvalue weighted by molar-refractivity contribution is 8.00. The molecule has 1 aromatic rings. The summed E-state index contributed by atoms with van der Waals surface area (Å²) in [5, 5.41) is 13.9. The molecule has 0 radical (unpaired) electrons. The predicted octanol–water partition coefficient (Wildman–Crippen LogP) is 3.13. The van der Waals surface area contributed by atoms with Gasteiger partial charge in [0.1, 0.15) is 0 Å². The van der Waals surface area contributed by atoms with E-state index in [0.29, 0.717) is 17.6 Å². The molecule has 2 atom stereocenters. The minimum Gasteiger partial charge on any atom is -0.352 e. The number of non-ortho nitro benzene ring substituents is 1. The number of carbonyl (C=O) groups excluding carboxylic acids is 1. The smallest absolute Gasteiger partial charge is 0.269 e. The molecule has 6 nitrogen and oxygen atoms in total. The molecule has 25 heavy (non-hydrogen) atoms. The summed E-state index contributed by atoms with van der Waals surface area (Å²) in [6, 6.07) is 6.85. The number of nitrogens with two attached hydrogens (primary N) is 1. The zero-order chi connectivity index (χ0) is 17.1. The third-order valence-electron chi connectivity index (χ3n) is 5.12. The summed E-state index contributed by atoms with van der Waals surface area (Å²) in [5.41, 5.74) is 6.19. The standard InChI is InChI=1S/C17H23N3O3S.ClH/c18-13-8-11-2-1-3-12(9-13)17(11)19-16(21)10-24-15-6-4-14(5-7-15)20(22)23;/h4-7,11-13,17H,1-3,8-10,18H2,(H,19,21);1H. The van der Waals surface area contributed by atoms with Crippen LogP contribution in [0.25, 0.3) is 0 Å². The second-order valence-corrected chi connectivity index (χ2v) is 7.86. The number of amides is 1. The van der Waals surface area contributed by atoms with Gasteiger partial charge in [0.15, 0.2) is 0 Å². The minimum absolute atomic E-state index is 0. The SMILES string of the molecule is Cl.NC1CC2CCCC(C1)C2NC(=O)CSc1ccc([N+](=O)[O-])cc1. The maximum absolute atomic E-state index is 12.3. The number of hydrogen-bond donors (Lipinski definition) is 2. The first kappa shape index (κ1) is 20.0. The molecule has 2 aliphatic carbocycles. The van der Waals surface area contributed by atoms with Gasteiger partial charge in [-0.1, -0.05) is 6.42 Å². The van der Waals surface area contributed by atoms with E-state index in [4.69, 9.17) is 5.73 Å². The van der Waals surface area contributed by atoms with Crippen molar-refractivity contribution in [1.82, 2.24) is 5.32 Å². The molecule has 8 heteroatoms. The van der Waals surface area contributed by atoms with Gasteiger partial charge in [-0.15, -0.1) is 24.2 Å². The number of rotatable bonds is 5. The maximum Gasteiger partial charge on any atom is 0.269 e. The van der Waals surface area contributed by atoms with Gasteiger partial charge in [0, 0.05) is 29.1 Å². The van der Waals surface area contributed by atoms with Gasteiger partial charge in [-0.3, -0.25) is 14.9 Å². The van der Waals surface area contributed by atoms with Crippen molar-refractivity contribution in [2.24, 2.45) is 17.6 Å². The summed E-state index contributed by atoms with van der Waals surface area (Å²) >= 11 is 1.41. The summed E-state index contributed by atoms with van der Waals surface area (Å²) in [5.74, 6) is 1.40. The average Bonchev–Trinajstić information content (AvgIpc) is 2.54. The van der Waals surface area contributed by atoms with Gasteiger partial charge in [0.25, 0.3) is 5.69 Å². The monoisotopic (exact) mass is 385 g/mol. The van der Waals surface area contributed by atoms with Crippen molar-refractivity contribution in [2.45, 2.75) is 49.1 Å². The van der Waals surface area contributed by atoms with Crippen LogP contribution in [0.3, 0.4) is 0 Å². The van der Waals surface area contributed by atoms with Crippen LogP contribution in [0.2, 0.25) is 0 Å². The molecule has 0 spiro atoms. The van der Waals surface area contributed by atoms with E-state index in [2.05, 4.69) is 5.32 Å². The van der Waals surface area contributed by atoms with Crippen LogP contribution in [0.4, 0.5) is 5.69 Å². The van der Waals surface area contributed by atoms with Crippen LogP contribution in [-0.2, 0) is 4.79 Å². The summed E-state index contributed by atoms with van der Waals surface area (Å²) in [4.78, 5) is 23.4. The number of thioether (sulfide) groups is 1. The third kappa shape index (κ3) is 5.09. The Balaban J connectivity index is 0.00000225. The fraction of sp³-hybridized carbons (Fsp3) is 0.588. The maximum atomic E-state index is 12.3. The van der Waals surface area contributed by atoms with Crippen molar-refractivity contribution in [3.05, 3.63) is 34.4 Å². The summed E-state index contributed by atoms with van der Waals surface area (Å²) in [6.07, 6.45) is 5.58. The van der Waals surface area contributed by atoms with Crippen LogP contribution >= 0.6 is 24.2 Å². The largest absolute Gasteiger partial charge is 0.352 e. The molecule has 1 aromatic carbocycles. The number of halogens is 1. The van der Waals surface area contributed by atoms with Crippen LogP contribution in [0.5, 0.6) is 0 Å². The average molecular weight is 386 g/mol. The van der Waals surface area contributed by atoms with Gasteiger partial charge in [0.05, 0.1) is 10.7 Å². The number of nitro benzene ring substituents is 1. The van der Waals surface area contributed by atoms with Crippen LogP contribution < -0.4 is 11.1 Å². The molecule has 2 saturated carbocycles. The second-order valence-electron chi connectivity index (χ2n) is 6.82. The first-order valence-electron chi connectivity index (χ1n) is 8.45. The van der Waals surface area contributed by atoms with Gasteiger partial charge in [-0.2, -0.15) is 0 Å². The van der Waals surface area contributed by atoms with Gasteiger partial charge in [0.2, 0.25) is 5.91 Å². The third-order valence-corrected chi connectivity index (χ3v) is 6.13. The molecular formula is C17H24ClN3O3S. The Morgan fingerprint density at radius 3 is 2.40 bits per heavy atom. The summed E-state index contributed by atoms with van der Waals surface area (Å²) in [7, 11) is 0. The lowest BCUT2D eigenvalue weighted by Crippen LogP contribution is -2.54. The van der Waals surface area contributed by atoms with Crippen molar-refractivity contribution >= 4 is 35.8 Å². The molecule has 2 unspecified atom stereocenters. The highest BCUT2D eigenvalue weighted by atomic mass is 35.5. The molecule has 2 aliphatic rings. The van der Waals surface area contributed by atoms with Gasteiger partial charge >= 0.3 is 0 Å². The van der Waals surface area contributed by atoms with E-state index in [0.717, 1.165) is 30.6 Å². The van der Waals surface area contributed by atoms with Crippen LogP contribution in [0.15, 0.2) is 29.2 Å². The fourth-order valence-corrected chi connectivity index (χ4v) is 4.77. The Morgan fingerprint density at radius 1 is 1.24 bits per heavy atom. The quantitative estimate of drug-likeness (QED) is 0.461. The van der Waals surface area contributed by atoms with E-state index < -0.39 is 4.92 Å². The Kier molecular flexibility index (Phi) is 7.10. The molecule has 0 heterocycles. The number of nitrogens with one attached hydrogen (secondary N) is 1. The highest BCUT2D eigenvalue weighted by Gasteiger charge is 2.39. The van der Waals surface area contributed by atoms with Gasteiger partial charge < -0.3 is 11.1 Å². The lowest BCUT2D eigenvalue weighted by molar-refractivity contribution is -0.384. The molecule has 3 rings (SSSR count). The van der Waals surface area contributed by atoms with Crippen molar-refractivity contribution in [3.8, 4) is 0 Å². The zero-order valence-corrected chi connectivity index (χ0v) is 15.6. The van der Waals surface area contributed by atoms with Crippen LogP contribution in [0, 0.1) is 22.0 Å². The first-order valence-corrected chi connectivity index (χ1v) is 9.43. The zero-order valence-electron chi connectivity index (χ0n) is 13.9. The molecule has 1 amide bonds. The van der Waals surface area contributed by atoms with E-state index in [-0.39, 0.29) is 36.1 Å². The van der Waals surface area contributed by atoms with Gasteiger partial charge in [-0.25, -0.2) is 0 Å². The Labute approximate surface area is 157 Å². The molecule has 138 valence electrons. The molecule has 3 N–H and O–H groups in total. The van der Waals surface area contributed by atoms with Crippen molar-refractivity contribution in [1.29, 1.82) is 0 Å². The predicted molar refractivity (Wildman–Crippen MR) is 101 cm³/mol. The second kappa shape index (κ2) is 8.87. The molecule has 0 aliphatic heterocycles. The highest BCUT2D eigenvalue weighted by Crippen LogP contribution is 2.39. The first-order chi connectivity index (χ1) is 11.5. The molecule has 0 aromatic heterocycles. The normalized spacial score (nSPS) is 27.9. The lowest BCUT2D eigenvalue weighted by Gasteiger charge is -2.45. The molecular weight excluding hydrogens is 362 g/mol. The number of hydrogen-bond acceptors (Lipinski definition) is 5. The van der Waals surface area contributed by atoms with Crippen LogP contribution in [-0.4, -0.2) is 28.7 Å². The molecule has 2 bridgehead atoms. The Bertz CT molecular complexity index is 600. The number of nitro groups is 1. The number of benzene rings is 1. The van der Waals surface area contributed by atoms with Gasteiger partial charge in [-0.05, 0) is 49.7 Å². The topological polar surface area (TPSA) is 98.3 Å². The lowest BCUT2D eigenvalue weighted by atomic mass is 9.67. The number of nitrogens with zero attached hydrogens (tertiary/aromatic N) is 1. The number of fused-ring (bicyclic) bond motifs is 2.